The first-order valence-corrected chi connectivity index (χ1v) is 21.6. The van der Waals surface area contributed by atoms with Crippen LogP contribution in [0, 0.1) is 0 Å². The van der Waals surface area contributed by atoms with E-state index in [9.17, 15) is 0 Å². The standard InChI is InChI=1S/C45H86N/c1-4-6-8-10-12-14-16-18-20-22-24-26-28-30-32-34-39-43-46(3,44-45-40-36-35-37-41-45)42-38-33-31-29-27-25-23-21-19-17-15-13-11-9-7-5-2/h35-37,40-41H,4-34,38-39,42-44H2,1-3H3/q+1. The average Bonchev–Trinajstić information content (AvgIpc) is 3.06. The molecule has 0 aliphatic heterocycles. The van der Waals surface area contributed by atoms with Crippen LogP contribution in [0.15, 0.2) is 30.3 Å². The zero-order chi connectivity index (χ0) is 33.1. The van der Waals surface area contributed by atoms with Crippen molar-refractivity contribution < 1.29 is 4.48 Å². The molecule has 0 spiro atoms. The predicted molar refractivity (Wildman–Crippen MR) is 210 cm³/mol. The van der Waals surface area contributed by atoms with E-state index in [4.69, 9.17) is 0 Å². The highest BCUT2D eigenvalue weighted by molar-refractivity contribution is 5.13. The van der Waals surface area contributed by atoms with Crippen LogP contribution < -0.4 is 0 Å². The van der Waals surface area contributed by atoms with Gasteiger partial charge in [0.25, 0.3) is 0 Å². The molecule has 1 unspecified atom stereocenters. The van der Waals surface area contributed by atoms with Gasteiger partial charge in [-0.1, -0.05) is 230 Å². The summed E-state index contributed by atoms with van der Waals surface area (Å²) in [6.45, 7) is 8.54. The van der Waals surface area contributed by atoms with Crippen molar-refractivity contribution in [1.82, 2.24) is 0 Å². The highest BCUT2D eigenvalue weighted by Crippen LogP contribution is 2.19. The van der Waals surface area contributed by atoms with Gasteiger partial charge in [-0.05, 0) is 25.7 Å². The Hall–Kier alpha value is -0.820. The Morgan fingerprint density at radius 1 is 0.326 bits per heavy atom. The van der Waals surface area contributed by atoms with Crippen molar-refractivity contribution in [3.63, 3.8) is 0 Å². The summed E-state index contributed by atoms with van der Waals surface area (Å²) in [7, 11) is 2.55. The summed E-state index contributed by atoms with van der Waals surface area (Å²) >= 11 is 0. The summed E-state index contributed by atoms with van der Waals surface area (Å²) in [4.78, 5) is 0. The van der Waals surface area contributed by atoms with Gasteiger partial charge >= 0.3 is 0 Å². The summed E-state index contributed by atoms with van der Waals surface area (Å²) in [5.74, 6) is 0. The molecule has 0 radical (unpaired) electrons. The number of nitrogens with zero attached hydrogens (tertiary/aromatic N) is 1. The van der Waals surface area contributed by atoms with Crippen LogP contribution in [0.5, 0.6) is 0 Å². The van der Waals surface area contributed by atoms with Gasteiger partial charge < -0.3 is 4.48 Å². The molecular formula is C45H86N+. The van der Waals surface area contributed by atoms with Gasteiger partial charge in [-0.25, -0.2) is 0 Å². The molecular weight excluding hydrogens is 555 g/mol. The number of unbranched alkanes of at least 4 members (excludes halogenated alkanes) is 31. The third-order valence-corrected chi connectivity index (χ3v) is 10.8. The van der Waals surface area contributed by atoms with Gasteiger partial charge in [0.15, 0.2) is 0 Å². The average molecular weight is 641 g/mol. The summed E-state index contributed by atoms with van der Waals surface area (Å²) in [5, 5.41) is 0. The molecule has 1 aromatic rings. The minimum absolute atomic E-state index is 1.21. The van der Waals surface area contributed by atoms with Gasteiger partial charge in [-0.2, -0.15) is 0 Å². The largest absolute Gasteiger partial charge is 0.322 e. The van der Waals surface area contributed by atoms with Crippen molar-refractivity contribution in [2.24, 2.45) is 0 Å². The molecule has 0 aliphatic rings. The van der Waals surface area contributed by atoms with Crippen LogP contribution >= 0.6 is 0 Å². The highest BCUT2D eigenvalue weighted by Gasteiger charge is 2.21. The molecule has 46 heavy (non-hydrogen) atoms. The molecule has 0 aliphatic carbocycles. The zero-order valence-electron chi connectivity index (χ0n) is 32.3. The predicted octanol–water partition coefficient (Wildman–Crippen LogP) is 15.5. The summed E-state index contributed by atoms with van der Waals surface area (Å²) in [6, 6.07) is 11.3. The molecule has 0 fully saturated rings. The second-order valence-electron chi connectivity index (χ2n) is 15.7. The molecule has 1 rings (SSSR count). The normalized spacial score (nSPS) is 12.9. The van der Waals surface area contributed by atoms with Crippen LogP contribution in [-0.4, -0.2) is 24.6 Å². The lowest BCUT2D eigenvalue weighted by Crippen LogP contribution is -2.44. The summed E-state index contributed by atoms with van der Waals surface area (Å²) < 4.78 is 1.24. The number of quaternary nitrogens is 1. The Labute approximate surface area is 292 Å². The smallest absolute Gasteiger partial charge is 0.104 e. The maximum Gasteiger partial charge on any atom is 0.104 e. The van der Waals surface area contributed by atoms with E-state index >= 15 is 0 Å². The monoisotopic (exact) mass is 641 g/mol. The first kappa shape index (κ1) is 43.2. The van der Waals surface area contributed by atoms with E-state index < -0.39 is 0 Å². The lowest BCUT2D eigenvalue weighted by Gasteiger charge is -2.35. The van der Waals surface area contributed by atoms with Crippen LogP contribution in [0.25, 0.3) is 0 Å². The fourth-order valence-corrected chi connectivity index (χ4v) is 7.55. The molecule has 0 saturated heterocycles. The van der Waals surface area contributed by atoms with E-state index in [1.165, 1.54) is 242 Å². The molecule has 0 saturated carbocycles. The van der Waals surface area contributed by atoms with E-state index in [2.05, 4.69) is 51.2 Å². The van der Waals surface area contributed by atoms with Crippen LogP contribution in [0.2, 0.25) is 0 Å². The van der Waals surface area contributed by atoms with Crippen LogP contribution in [0.1, 0.15) is 231 Å². The van der Waals surface area contributed by atoms with Gasteiger partial charge in [-0.15, -0.1) is 0 Å². The fourth-order valence-electron chi connectivity index (χ4n) is 7.55. The van der Waals surface area contributed by atoms with Crippen molar-refractivity contribution in [3.8, 4) is 0 Å². The van der Waals surface area contributed by atoms with Crippen LogP contribution in [0.3, 0.4) is 0 Å². The SMILES string of the molecule is CCCCCCCCCCCCCCCCCCC[N+](C)(CCCCCCCCCCCCCCCCCC)Cc1ccccc1. The molecule has 1 heteroatoms. The van der Waals surface area contributed by atoms with E-state index in [-0.39, 0.29) is 0 Å². The Morgan fingerprint density at radius 2 is 0.565 bits per heavy atom. The van der Waals surface area contributed by atoms with E-state index in [1.807, 2.05) is 0 Å². The number of hydrogen-bond acceptors (Lipinski definition) is 0. The van der Waals surface area contributed by atoms with Crippen LogP contribution in [0.4, 0.5) is 0 Å². The molecule has 0 bridgehead atoms. The van der Waals surface area contributed by atoms with Gasteiger partial charge in [0.1, 0.15) is 6.54 Å². The maximum absolute atomic E-state index is 2.55. The maximum atomic E-state index is 2.55. The van der Waals surface area contributed by atoms with Crippen molar-refractivity contribution >= 4 is 0 Å². The molecule has 0 N–H and O–H groups in total. The second-order valence-corrected chi connectivity index (χ2v) is 15.7. The Kier molecular flexibility index (Phi) is 32.0. The quantitative estimate of drug-likeness (QED) is 0.0501. The minimum Gasteiger partial charge on any atom is -0.322 e. The van der Waals surface area contributed by atoms with Crippen molar-refractivity contribution in [2.75, 3.05) is 20.1 Å². The lowest BCUT2D eigenvalue weighted by molar-refractivity contribution is -0.923. The van der Waals surface area contributed by atoms with E-state index in [0.717, 1.165) is 0 Å². The van der Waals surface area contributed by atoms with E-state index in [1.54, 1.807) is 0 Å². The molecule has 1 atom stereocenters. The third-order valence-electron chi connectivity index (χ3n) is 10.8. The number of rotatable bonds is 37. The molecule has 0 heterocycles. The second kappa shape index (κ2) is 34.1. The fraction of sp³-hybridized carbons (Fsp3) is 0.867. The molecule has 0 aromatic heterocycles. The number of hydrogen-bond donors (Lipinski definition) is 0. The Bertz CT molecular complexity index is 698. The Morgan fingerprint density at radius 3 is 0.826 bits per heavy atom. The van der Waals surface area contributed by atoms with Crippen molar-refractivity contribution in [3.05, 3.63) is 35.9 Å². The van der Waals surface area contributed by atoms with Crippen LogP contribution in [-0.2, 0) is 6.54 Å². The van der Waals surface area contributed by atoms with Crippen molar-refractivity contribution in [2.45, 2.75) is 232 Å². The van der Waals surface area contributed by atoms with Gasteiger partial charge in [0.2, 0.25) is 0 Å². The lowest BCUT2D eigenvalue weighted by atomic mass is 10.0. The van der Waals surface area contributed by atoms with E-state index in [0.29, 0.717) is 0 Å². The van der Waals surface area contributed by atoms with Gasteiger partial charge in [-0.3, -0.25) is 0 Å². The van der Waals surface area contributed by atoms with Gasteiger partial charge in [0.05, 0.1) is 20.1 Å². The molecule has 0 amide bonds. The molecule has 1 nitrogen and oxygen atoms in total. The zero-order valence-corrected chi connectivity index (χ0v) is 32.3. The minimum atomic E-state index is 1.21. The first-order valence-electron chi connectivity index (χ1n) is 21.6. The summed E-state index contributed by atoms with van der Waals surface area (Å²) in [6.07, 6.45) is 48.0. The summed E-state index contributed by atoms with van der Waals surface area (Å²) in [5.41, 5.74) is 1.52. The topological polar surface area (TPSA) is 0 Å². The molecule has 1 aromatic carbocycles. The molecule has 270 valence electrons. The first-order chi connectivity index (χ1) is 22.7. The van der Waals surface area contributed by atoms with Gasteiger partial charge in [0, 0.05) is 5.56 Å². The van der Waals surface area contributed by atoms with Crippen molar-refractivity contribution in [1.29, 1.82) is 0 Å². The third kappa shape index (κ3) is 29.3. The number of benzene rings is 1. The Balaban J connectivity index is 2.04. The highest BCUT2D eigenvalue weighted by atomic mass is 15.3.